The zero-order valence-corrected chi connectivity index (χ0v) is 18.7. The number of benzene rings is 2. The molecule has 0 saturated heterocycles. The van der Waals surface area contributed by atoms with Crippen molar-refractivity contribution in [1.82, 2.24) is 0 Å². The first-order valence-corrected chi connectivity index (χ1v) is 10.8. The van der Waals surface area contributed by atoms with Gasteiger partial charge in [0.2, 0.25) is 0 Å². The third-order valence-corrected chi connectivity index (χ3v) is 5.67. The van der Waals surface area contributed by atoms with Gasteiger partial charge >= 0.3 is 0 Å². The molecule has 5 nitrogen and oxygen atoms in total. The smallest absolute Gasteiger partial charge is 0.130 e. The number of rotatable bonds is 11. The molecule has 2 aromatic rings. The van der Waals surface area contributed by atoms with Crippen LogP contribution in [0.2, 0.25) is 0 Å². The minimum absolute atomic E-state index is 0.454. The van der Waals surface area contributed by atoms with Crippen LogP contribution in [0.25, 0.3) is 0 Å². The zero-order chi connectivity index (χ0) is 21.3. The average Bonchev–Trinajstić information content (AvgIpc) is 2.78. The minimum atomic E-state index is 0.454. The molecule has 164 valence electrons. The predicted molar refractivity (Wildman–Crippen MR) is 117 cm³/mol. The van der Waals surface area contributed by atoms with Gasteiger partial charge in [-0.25, -0.2) is 0 Å². The highest BCUT2D eigenvalue weighted by molar-refractivity contribution is 5.51. The third-order valence-electron chi connectivity index (χ3n) is 5.67. The van der Waals surface area contributed by atoms with Crippen LogP contribution < -0.4 is 9.47 Å². The van der Waals surface area contributed by atoms with E-state index in [0.717, 1.165) is 42.1 Å². The van der Waals surface area contributed by atoms with E-state index < -0.39 is 0 Å². The first-order chi connectivity index (χ1) is 14.7. The van der Waals surface area contributed by atoms with Crippen LogP contribution in [0.4, 0.5) is 0 Å². The van der Waals surface area contributed by atoms with Crippen molar-refractivity contribution in [2.45, 2.75) is 52.4 Å². The third kappa shape index (κ3) is 5.54. The maximum absolute atomic E-state index is 6.21. The van der Waals surface area contributed by atoms with Gasteiger partial charge in [-0.05, 0) is 53.6 Å². The SMILES string of the molecule is CCC(C)c1ccc(OCCOc2c(COC)cc3c(c2COC)CCOC3)cc1. The van der Waals surface area contributed by atoms with Crippen LogP contribution in [0.3, 0.4) is 0 Å². The number of ether oxygens (including phenoxy) is 5. The van der Waals surface area contributed by atoms with Gasteiger partial charge in [0.15, 0.2) is 0 Å². The normalized spacial score (nSPS) is 14.3. The maximum atomic E-state index is 6.21. The summed E-state index contributed by atoms with van der Waals surface area (Å²) in [6.45, 7) is 7.71. The van der Waals surface area contributed by atoms with Gasteiger partial charge in [0.25, 0.3) is 0 Å². The van der Waals surface area contributed by atoms with Gasteiger partial charge in [-0.2, -0.15) is 0 Å². The Morgan fingerprint density at radius 2 is 1.73 bits per heavy atom. The summed E-state index contributed by atoms with van der Waals surface area (Å²) in [7, 11) is 3.41. The Balaban J connectivity index is 1.67. The Kier molecular flexibility index (Phi) is 8.55. The molecule has 0 saturated carbocycles. The molecule has 0 amide bonds. The lowest BCUT2D eigenvalue weighted by Gasteiger charge is -2.25. The van der Waals surface area contributed by atoms with Crippen molar-refractivity contribution in [2.24, 2.45) is 0 Å². The van der Waals surface area contributed by atoms with Gasteiger partial charge < -0.3 is 23.7 Å². The molecule has 0 radical (unpaired) electrons. The summed E-state index contributed by atoms with van der Waals surface area (Å²) in [5.41, 5.74) is 5.94. The molecule has 30 heavy (non-hydrogen) atoms. The molecule has 2 aromatic carbocycles. The topological polar surface area (TPSA) is 46.2 Å². The summed E-state index contributed by atoms with van der Waals surface area (Å²) in [6.07, 6.45) is 2.01. The lowest BCUT2D eigenvalue weighted by Crippen LogP contribution is -2.17. The molecule has 3 rings (SSSR count). The molecule has 0 aromatic heterocycles. The Bertz CT molecular complexity index is 800. The molecule has 1 unspecified atom stereocenters. The zero-order valence-electron chi connectivity index (χ0n) is 18.7. The van der Waals surface area contributed by atoms with Gasteiger partial charge in [-0.1, -0.05) is 26.0 Å². The second-order valence-corrected chi connectivity index (χ2v) is 7.72. The fraction of sp³-hybridized carbons (Fsp3) is 0.520. The van der Waals surface area contributed by atoms with Crippen LogP contribution in [0.1, 0.15) is 54.0 Å². The van der Waals surface area contributed by atoms with Crippen molar-refractivity contribution >= 4 is 0 Å². The van der Waals surface area contributed by atoms with Gasteiger partial charge in [-0.15, -0.1) is 0 Å². The standard InChI is InChI=1S/C25H34O5/c1-5-18(2)19-6-8-22(9-7-19)29-12-13-30-25-21(15-26-3)14-20-16-28-11-10-23(20)24(25)17-27-4/h6-9,14,18H,5,10-13,15-17H2,1-4H3. The van der Waals surface area contributed by atoms with Gasteiger partial charge in [0, 0.05) is 25.3 Å². The van der Waals surface area contributed by atoms with E-state index in [1.165, 1.54) is 16.7 Å². The van der Waals surface area contributed by atoms with E-state index in [4.69, 9.17) is 23.7 Å². The molecule has 0 N–H and O–H groups in total. The van der Waals surface area contributed by atoms with E-state index in [-0.39, 0.29) is 0 Å². The van der Waals surface area contributed by atoms with Crippen molar-refractivity contribution in [2.75, 3.05) is 34.0 Å². The Morgan fingerprint density at radius 1 is 1.00 bits per heavy atom. The number of methoxy groups -OCH3 is 2. The molecule has 1 aliphatic heterocycles. The molecule has 5 heteroatoms. The van der Waals surface area contributed by atoms with Crippen LogP contribution >= 0.6 is 0 Å². The van der Waals surface area contributed by atoms with Crippen LogP contribution in [-0.2, 0) is 40.5 Å². The molecular formula is C25H34O5. The molecule has 1 atom stereocenters. The molecule has 0 bridgehead atoms. The monoisotopic (exact) mass is 414 g/mol. The van der Waals surface area contributed by atoms with Gasteiger partial charge in [-0.3, -0.25) is 0 Å². The highest BCUT2D eigenvalue weighted by atomic mass is 16.5. The van der Waals surface area contributed by atoms with Crippen LogP contribution in [0.15, 0.2) is 30.3 Å². The van der Waals surface area contributed by atoms with E-state index in [1.807, 2.05) is 12.1 Å². The predicted octanol–water partition coefficient (Wildman–Crippen LogP) is 5.02. The molecule has 0 fully saturated rings. The van der Waals surface area contributed by atoms with Crippen LogP contribution in [0, 0.1) is 0 Å². The fourth-order valence-electron chi connectivity index (χ4n) is 3.86. The van der Waals surface area contributed by atoms with E-state index >= 15 is 0 Å². The second-order valence-electron chi connectivity index (χ2n) is 7.72. The summed E-state index contributed by atoms with van der Waals surface area (Å²) in [5, 5.41) is 0. The molecule has 1 aliphatic rings. The Morgan fingerprint density at radius 3 is 2.43 bits per heavy atom. The first-order valence-electron chi connectivity index (χ1n) is 10.8. The van der Waals surface area contributed by atoms with Crippen molar-refractivity contribution < 1.29 is 23.7 Å². The van der Waals surface area contributed by atoms with Crippen molar-refractivity contribution in [1.29, 1.82) is 0 Å². The van der Waals surface area contributed by atoms with E-state index in [2.05, 4.69) is 32.0 Å². The quantitative estimate of drug-likeness (QED) is 0.483. The van der Waals surface area contributed by atoms with Crippen molar-refractivity contribution in [3.8, 4) is 11.5 Å². The van der Waals surface area contributed by atoms with Crippen molar-refractivity contribution in [3.05, 3.63) is 58.1 Å². The summed E-state index contributed by atoms with van der Waals surface area (Å²) >= 11 is 0. The van der Waals surface area contributed by atoms with Crippen LogP contribution in [-0.4, -0.2) is 34.0 Å². The van der Waals surface area contributed by atoms with E-state index in [0.29, 0.717) is 39.0 Å². The molecular weight excluding hydrogens is 380 g/mol. The Hall–Kier alpha value is -2.08. The van der Waals surface area contributed by atoms with Crippen LogP contribution in [0.5, 0.6) is 11.5 Å². The highest BCUT2D eigenvalue weighted by Gasteiger charge is 2.21. The summed E-state index contributed by atoms with van der Waals surface area (Å²) in [6, 6.07) is 10.5. The maximum Gasteiger partial charge on any atom is 0.130 e. The first kappa shape index (κ1) is 22.6. The molecule has 0 spiro atoms. The summed E-state index contributed by atoms with van der Waals surface area (Å²) < 4.78 is 28.7. The Labute approximate surface area is 180 Å². The average molecular weight is 415 g/mol. The number of fused-ring (bicyclic) bond motifs is 1. The largest absolute Gasteiger partial charge is 0.490 e. The molecule has 1 heterocycles. The van der Waals surface area contributed by atoms with Gasteiger partial charge in [0.1, 0.15) is 24.7 Å². The summed E-state index contributed by atoms with van der Waals surface area (Å²) in [5.74, 6) is 2.28. The number of hydrogen-bond donors (Lipinski definition) is 0. The van der Waals surface area contributed by atoms with E-state index in [9.17, 15) is 0 Å². The number of hydrogen-bond acceptors (Lipinski definition) is 5. The molecule has 0 aliphatic carbocycles. The fourth-order valence-corrected chi connectivity index (χ4v) is 3.86. The van der Waals surface area contributed by atoms with E-state index in [1.54, 1.807) is 14.2 Å². The second kappa shape index (κ2) is 11.3. The minimum Gasteiger partial charge on any atom is -0.490 e. The van der Waals surface area contributed by atoms with Crippen molar-refractivity contribution in [3.63, 3.8) is 0 Å². The van der Waals surface area contributed by atoms with Gasteiger partial charge in [0.05, 0.1) is 26.4 Å². The summed E-state index contributed by atoms with van der Waals surface area (Å²) in [4.78, 5) is 0. The lowest BCUT2D eigenvalue weighted by molar-refractivity contribution is 0.107. The highest BCUT2D eigenvalue weighted by Crippen LogP contribution is 2.34. The lowest BCUT2D eigenvalue weighted by atomic mass is 9.93.